The molecule has 1 aliphatic heterocycles. The highest BCUT2D eigenvalue weighted by atomic mass is 35.5. The molecule has 2 aromatic carbocycles. The number of nitrogens with zero attached hydrogens (tertiary/aromatic N) is 2. The second kappa shape index (κ2) is 8.69. The molecule has 1 saturated heterocycles. The molecule has 1 heterocycles. The van der Waals surface area contributed by atoms with Crippen molar-refractivity contribution in [2.24, 2.45) is 0 Å². The van der Waals surface area contributed by atoms with Gasteiger partial charge in [0.05, 0.1) is 12.4 Å². The molecule has 26 heavy (non-hydrogen) atoms. The lowest BCUT2D eigenvalue weighted by atomic mass is 10.2. The third-order valence-corrected chi connectivity index (χ3v) is 5.84. The van der Waals surface area contributed by atoms with Crippen LogP contribution in [0, 0.1) is 0 Å². The van der Waals surface area contributed by atoms with Crippen molar-refractivity contribution in [3.8, 4) is 5.75 Å². The van der Waals surface area contributed by atoms with Crippen LogP contribution in [-0.2, 0) is 4.79 Å². The zero-order chi connectivity index (χ0) is 18.5. The van der Waals surface area contributed by atoms with Crippen molar-refractivity contribution in [2.75, 3.05) is 38.2 Å². The predicted molar refractivity (Wildman–Crippen MR) is 109 cm³/mol. The second-order valence-corrected chi connectivity index (χ2v) is 8.08. The topological polar surface area (TPSA) is 32.8 Å². The van der Waals surface area contributed by atoms with E-state index in [0.717, 1.165) is 42.5 Å². The molecule has 1 fully saturated rings. The average molecular weight is 391 g/mol. The average Bonchev–Trinajstić information content (AvgIpc) is 2.69. The first-order valence-electron chi connectivity index (χ1n) is 8.67. The van der Waals surface area contributed by atoms with Gasteiger partial charge in [0, 0.05) is 47.9 Å². The normalized spacial score (nSPS) is 15.7. The first-order chi connectivity index (χ1) is 12.6. The number of anilines is 1. The summed E-state index contributed by atoms with van der Waals surface area (Å²) in [7, 11) is 1.68. The maximum atomic E-state index is 12.8. The molecule has 1 aliphatic rings. The molecule has 0 spiro atoms. The monoisotopic (exact) mass is 390 g/mol. The number of methoxy groups -OCH3 is 1. The summed E-state index contributed by atoms with van der Waals surface area (Å²) in [4.78, 5) is 18.1. The Morgan fingerprint density at radius 2 is 1.81 bits per heavy atom. The zero-order valence-electron chi connectivity index (χ0n) is 15.0. The lowest BCUT2D eigenvalue weighted by Gasteiger charge is -2.37. The first kappa shape index (κ1) is 18.9. The summed E-state index contributed by atoms with van der Waals surface area (Å²) >= 11 is 7.49. The highest BCUT2D eigenvalue weighted by molar-refractivity contribution is 8.00. The highest BCUT2D eigenvalue weighted by Gasteiger charge is 2.25. The van der Waals surface area contributed by atoms with Gasteiger partial charge in [0.25, 0.3) is 0 Å². The van der Waals surface area contributed by atoms with Gasteiger partial charge in [0.1, 0.15) is 5.75 Å². The number of ether oxygens (including phenoxy) is 1. The summed E-state index contributed by atoms with van der Waals surface area (Å²) in [5.74, 6) is 1.05. The van der Waals surface area contributed by atoms with E-state index in [2.05, 4.69) is 11.0 Å². The minimum absolute atomic E-state index is 0.112. The van der Waals surface area contributed by atoms with Crippen molar-refractivity contribution < 1.29 is 9.53 Å². The van der Waals surface area contributed by atoms with Gasteiger partial charge >= 0.3 is 0 Å². The second-order valence-electron chi connectivity index (χ2n) is 6.23. The van der Waals surface area contributed by atoms with Gasteiger partial charge in [-0.25, -0.2) is 0 Å². The van der Waals surface area contributed by atoms with Crippen LogP contribution in [0.25, 0.3) is 0 Å². The highest BCUT2D eigenvalue weighted by Crippen LogP contribution is 2.27. The fourth-order valence-corrected chi connectivity index (χ4v) is 4.09. The molecule has 2 aromatic rings. The molecule has 0 radical (unpaired) electrons. The van der Waals surface area contributed by atoms with Crippen LogP contribution in [-0.4, -0.2) is 49.3 Å². The molecule has 0 aliphatic carbocycles. The largest absolute Gasteiger partial charge is 0.497 e. The van der Waals surface area contributed by atoms with Crippen LogP contribution in [0.5, 0.6) is 5.75 Å². The van der Waals surface area contributed by atoms with Crippen molar-refractivity contribution in [1.82, 2.24) is 4.90 Å². The zero-order valence-corrected chi connectivity index (χ0v) is 16.6. The van der Waals surface area contributed by atoms with Gasteiger partial charge in [-0.15, -0.1) is 11.8 Å². The van der Waals surface area contributed by atoms with E-state index in [9.17, 15) is 4.79 Å². The maximum Gasteiger partial charge on any atom is 0.235 e. The minimum atomic E-state index is -0.112. The molecule has 4 nitrogen and oxygen atoms in total. The van der Waals surface area contributed by atoms with Gasteiger partial charge in [-0.2, -0.15) is 0 Å². The van der Waals surface area contributed by atoms with Crippen LogP contribution in [0.4, 0.5) is 5.69 Å². The number of carbonyl (C=O) groups is 1. The molecule has 0 unspecified atom stereocenters. The van der Waals surface area contributed by atoms with Gasteiger partial charge in [-0.1, -0.05) is 17.7 Å². The Balaban J connectivity index is 1.55. The number of carbonyl (C=O) groups excluding carboxylic acids is 1. The molecule has 3 rings (SSSR count). The molecule has 6 heteroatoms. The number of piperazine rings is 1. The van der Waals surface area contributed by atoms with E-state index in [1.54, 1.807) is 18.9 Å². The van der Waals surface area contributed by atoms with Crippen molar-refractivity contribution in [1.29, 1.82) is 0 Å². The summed E-state index contributed by atoms with van der Waals surface area (Å²) in [5, 5.41) is 0.599. The van der Waals surface area contributed by atoms with E-state index >= 15 is 0 Å². The first-order valence-corrected chi connectivity index (χ1v) is 9.92. The van der Waals surface area contributed by atoms with Crippen molar-refractivity contribution in [3.63, 3.8) is 0 Å². The molecule has 1 amide bonds. The van der Waals surface area contributed by atoms with Crippen LogP contribution in [0.2, 0.25) is 5.02 Å². The van der Waals surface area contributed by atoms with Crippen LogP contribution in [0.1, 0.15) is 6.92 Å². The summed E-state index contributed by atoms with van der Waals surface area (Å²) < 4.78 is 5.30. The van der Waals surface area contributed by atoms with Gasteiger partial charge < -0.3 is 14.5 Å². The number of halogens is 1. The minimum Gasteiger partial charge on any atom is -0.497 e. The van der Waals surface area contributed by atoms with Crippen molar-refractivity contribution >= 4 is 35.0 Å². The van der Waals surface area contributed by atoms with Crippen molar-refractivity contribution in [2.45, 2.75) is 17.1 Å². The van der Waals surface area contributed by atoms with E-state index in [4.69, 9.17) is 16.3 Å². The Kier molecular flexibility index (Phi) is 6.33. The fourth-order valence-electron chi connectivity index (χ4n) is 3.02. The molecule has 0 aromatic heterocycles. The standard InChI is InChI=1S/C20H23ClN2O2S/c1-15(26-19-8-6-16(21)7-9-19)20(24)23-12-10-22(11-13-23)17-4-3-5-18(14-17)25-2/h3-9,14-15H,10-13H2,1-2H3/t15-/m0/s1. The third-order valence-electron chi connectivity index (χ3n) is 4.48. The van der Waals surface area contributed by atoms with Gasteiger partial charge in [0.2, 0.25) is 5.91 Å². The summed E-state index contributed by atoms with van der Waals surface area (Å²) in [5.41, 5.74) is 1.14. The SMILES string of the molecule is COc1cccc(N2CCN(C(=O)[C@H](C)Sc3ccc(Cl)cc3)CC2)c1. The third kappa shape index (κ3) is 4.65. The fraction of sp³-hybridized carbons (Fsp3) is 0.350. The molecule has 0 N–H and O–H groups in total. The van der Waals surface area contributed by atoms with Gasteiger partial charge in [-0.05, 0) is 43.3 Å². The van der Waals surface area contributed by atoms with E-state index in [1.807, 2.05) is 54.3 Å². The van der Waals surface area contributed by atoms with Crippen LogP contribution >= 0.6 is 23.4 Å². The number of thioether (sulfide) groups is 1. The lowest BCUT2D eigenvalue weighted by Crippen LogP contribution is -2.50. The Bertz CT molecular complexity index is 746. The Morgan fingerprint density at radius 3 is 2.46 bits per heavy atom. The number of benzene rings is 2. The quantitative estimate of drug-likeness (QED) is 0.717. The van der Waals surface area contributed by atoms with Crippen LogP contribution in [0.3, 0.4) is 0 Å². The van der Waals surface area contributed by atoms with E-state index in [-0.39, 0.29) is 11.2 Å². The van der Waals surface area contributed by atoms with Crippen LogP contribution in [0.15, 0.2) is 53.4 Å². The number of hydrogen-bond donors (Lipinski definition) is 0. The molecule has 0 saturated carbocycles. The van der Waals surface area contributed by atoms with Gasteiger partial charge in [-0.3, -0.25) is 4.79 Å². The van der Waals surface area contributed by atoms with E-state index in [0.29, 0.717) is 5.02 Å². The van der Waals surface area contributed by atoms with E-state index in [1.165, 1.54) is 0 Å². The maximum absolute atomic E-state index is 12.8. The predicted octanol–water partition coefficient (Wildman–Crippen LogP) is 4.18. The van der Waals surface area contributed by atoms with Gasteiger partial charge in [0.15, 0.2) is 0 Å². The number of hydrogen-bond acceptors (Lipinski definition) is 4. The number of amides is 1. The Labute approximate surface area is 164 Å². The summed E-state index contributed by atoms with van der Waals surface area (Å²) in [6.07, 6.45) is 0. The number of rotatable bonds is 5. The van der Waals surface area contributed by atoms with E-state index < -0.39 is 0 Å². The Morgan fingerprint density at radius 1 is 1.12 bits per heavy atom. The lowest BCUT2D eigenvalue weighted by molar-refractivity contribution is -0.130. The van der Waals surface area contributed by atoms with Crippen LogP contribution < -0.4 is 9.64 Å². The molecular formula is C20H23ClN2O2S. The Hall–Kier alpha value is -1.85. The summed E-state index contributed by atoms with van der Waals surface area (Å²) in [6.45, 7) is 5.10. The smallest absolute Gasteiger partial charge is 0.235 e. The molecular weight excluding hydrogens is 368 g/mol. The van der Waals surface area contributed by atoms with Crippen molar-refractivity contribution in [3.05, 3.63) is 53.6 Å². The molecule has 1 atom stereocenters. The molecule has 0 bridgehead atoms. The molecule has 138 valence electrons. The summed E-state index contributed by atoms with van der Waals surface area (Å²) in [6, 6.07) is 15.7.